The van der Waals surface area contributed by atoms with Crippen LogP contribution < -0.4 is 4.74 Å². The van der Waals surface area contributed by atoms with Crippen molar-refractivity contribution in [3.63, 3.8) is 0 Å². The predicted molar refractivity (Wildman–Crippen MR) is 216 cm³/mol. The average molecular weight is 710 g/mol. The second-order valence-electron chi connectivity index (χ2n) is 14.3. The second-order valence-corrected chi connectivity index (χ2v) is 15.3. The van der Waals surface area contributed by atoms with Crippen LogP contribution in [0.1, 0.15) is 83.1 Å². The van der Waals surface area contributed by atoms with Gasteiger partial charge in [0.15, 0.2) is 10.8 Å². The maximum absolute atomic E-state index is 8.90. The maximum Gasteiger partial charge on any atom is 0.195 e. The average Bonchev–Trinajstić information content (AvgIpc) is 3.73. The van der Waals surface area contributed by atoms with Crippen molar-refractivity contribution in [3.8, 4) is 45.3 Å². The van der Waals surface area contributed by atoms with Crippen molar-refractivity contribution in [1.82, 2.24) is 19.4 Å². The summed E-state index contributed by atoms with van der Waals surface area (Å²) >= 11 is 1.31. The molecule has 6 heteroatoms. The van der Waals surface area contributed by atoms with E-state index < -0.39 is 37.8 Å². The van der Waals surface area contributed by atoms with Crippen LogP contribution in [0.15, 0.2) is 97.2 Å². The number of imidazole rings is 1. The fourth-order valence-electron chi connectivity index (χ4n) is 7.60. The number of hydrogen-bond donors (Lipinski definition) is 0. The van der Waals surface area contributed by atoms with E-state index in [2.05, 4.69) is 32.7 Å². The molecule has 5 nitrogen and oxygen atoms in total. The largest absolute Gasteiger partial charge is 0.456 e. The van der Waals surface area contributed by atoms with Gasteiger partial charge in [0.2, 0.25) is 0 Å². The van der Waals surface area contributed by atoms with E-state index in [4.69, 9.17) is 29.8 Å². The third-order valence-electron chi connectivity index (χ3n) is 11.1. The van der Waals surface area contributed by atoms with Crippen molar-refractivity contribution in [2.45, 2.75) is 72.4 Å². The van der Waals surface area contributed by atoms with Crippen LogP contribution in [-0.4, -0.2) is 19.4 Å². The third kappa shape index (κ3) is 4.63. The van der Waals surface area contributed by atoms with Gasteiger partial charge in [0.25, 0.3) is 0 Å². The zero-order valence-electron chi connectivity index (χ0n) is 40.3. The van der Waals surface area contributed by atoms with Gasteiger partial charge in [-0.1, -0.05) is 107 Å². The standard InChI is InChI=1S/C46H42N4OS/c1-9-29-21-23-36-42(52-44-48-34-15-11-12-16-35(34)50(36)44)39(29)43-47-25-28(4)40(49-43)31-24-30(20-18-26(31)2)38-27(3)19-22-33-41(38)51-37-17-13-10-14-32(37)45(5,6)46(33,7)8/h10-25H,9H2,1-8H3/i2D3,3D3,4D3,9D2. The highest BCUT2D eigenvalue weighted by Crippen LogP contribution is 2.56. The number of benzene rings is 5. The molecule has 0 fully saturated rings. The molecule has 0 aliphatic carbocycles. The minimum Gasteiger partial charge on any atom is -0.456 e. The van der Waals surface area contributed by atoms with Gasteiger partial charge in [-0.25, -0.2) is 15.0 Å². The van der Waals surface area contributed by atoms with Crippen LogP contribution in [0, 0.1) is 20.6 Å². The molecule has 0 amide bonds. The molecule has 52 heavy (non-hydrogen) atoms. The fourth-order valence-corrected chi connectivity index (χ4v) is 8.79. The van der Waals surface area contributed by atoms with E-state index in [0.29, 0.717) is 26.5 Å². The molecular weight excluding hydrogens is 657 g/mol. The zero-order chi connectivity index (χ0) is 45.4. The number of para-hydroxylation sites is 3. The molecule has 0 radical (unpaired) electrons. The van der Waals surface area contributed by atoms with Crippen LogP contribution in [-0.2, 0) is 17.2 Å². The van der Waals surface area contributed by atoms with E-state index in [1.807, 2.05) is 59.0 Å². The van der Waals surface area contributed by atoms with Crippen molar-refractivity contribution < 1.29 is 19.8 Å². The summed E-state index contributed by atoms with van der Waals surface area (Å²) in [5.41, 5.74) is 2.93. The first-order valence-electron chi connectivity index (χ1n) is 22.6. The molecule has 0 saturated carbocycles. The van der Waals surface area contributed by atoms with Gasteiger partial charge < -0.3 is 4.74 Å². The minimum absolute atomic E-state index is 0.0271. The highest BCUT2D eigenvalue weighted by molar-refractivity contribution is 7.24. The van der Waals surface area contributed by atoms with E-state index in [1.165, 1.54) is 36.5 Å². The number of aromatic nitrogens is 4. The molecule has 1 aliphatic heterocycles. The number of ether oxygens (including phenoxy) is 1. The highest BCUT2D eigenvalue weighted by Gasteiger charge is 2.45. The Morgan fingerprint density at radius 3 is 2.37 bits per heavy atom. The molecule has 0 N–H and O–H groups in total. The molecule has 4 heterocycles. The van der Waals surface area contributed by atoms with Gasteiger partial charge in [0.05, 0.1) is 26.9 Å². The Hall–Kier alpha value is -5.33. The van der Waals surface area contributed by atoms with Gasteiger partial charge in [0, 0.05) is 59.9 Å². The Bertz CT molecular complexity index is 3170. The summed E-state index contributed by atoms with van der Waals surface area (Å²) in [6, 6.07) is 26.4. The van der Waals surface area contributed by atoms with E-state index >= 15 is 0 Å². The van der Waals surface area contributed by atoms with E-state index in [1.54, 1.807) is 18.2 Å². The molecule has 258 valence electrons. The SMILES string of the molecule is [2H]C([2H])([2H])c1ccc(-c2c(C([2H])([2H])[2H])ccc3c2Oc2ccccc2C(C)(C)C3(C)C)cc1-c1nc(-c2c(C([2H])([2H])C)ccc3c2sc2nc4ccccc4n23)ncc1C([2H])([2H])[2H]. The van der Waals surface area contributed by atoms with Gasteiger partial charge in [-0.05, 0) is 85.1 Å². The second kappa shape index (κ2) is 11.6. The Balaban J connectivity index is 1.36. The van der Waals surface area contributed by atoms with Crippen molar-refractivity contribution in [3.05, 3.63) is 131 Å². The Kier molecular flexibility index (Phi) is 5.03. The molecule has 1 aliphatic rings. The molecule has 0 spiro atoms. The number of fused-ring (bicyclic) bond motifs is 7. The summed E-state index contributed by atoms with van der Waals surface area (Å²) in [6.45, 7) is 1.49. The van der Waals surface area contributed by atoms with Crippen LogP contribution in [0.2, 0.25) is 0 Å². The monoisotopic (exact) mass is 709 g/mol. The molecule has 0 saturated heterocycles. The molecule has 0 unspecified atom stereocenters. The van der Waals surface area contributed by atoms with E-state index in [0.717, 1.165) is 28.4 Å². The topological polar surface area (TPSA) is 52.3 Å². The van der Waals surface area contributed by atoms with Crippen molar-refractivity contribution in [2.24, 2.45) is 0 Å². The van der Waals surface area contributed by atoms with Gasteiger partial charge in [0.1, 0.15) is 11.5 Å². The molecular formula is C46H42N4OS. The van der Waals surface area contributed by atoms with Gasteiger partial charge in [-0.3, -0.25) is 4.40 Å². The lowest BCUT2D eigenvalue weighted by Gasteiger charge is -2.41. The van der Waals surface area contributed by atoms with Crippen molar-refractivity contribution in [2.75, 3.05) is 0 Å². The smallest absolute Gasteiger partial charge is 0.195 e. The molecule has 5 aromatic carbocycles. The quantitative estimate of drug-likeness (QED) is 0.183. The van der Waals surface area contributed by atoms with Crippen LogP contribution in [0.4, 0.5) is 0 Å². The summed E-state index contributed by atoms with van der Waals surface area (Å²) in [6.07, 6.45) is -0.777. The van der Waals surface area contributed by atoms with Gasteiger partial charge >= 0.3 is 0 Å². The molecule has 9 rings (SSSR count). The summed E-state index contributed by atoms with van der Waals surface area (Å²) in [4.78, 5) is 15.0. The maximum atomic E-state index is 8.90. The molecule has 0 bridgehead atoms. The zero-order valence-corrected chi connectivity index (χ0v) is 30.2. The van der Waals surface area contributed by atoms with Crippen molar-refractivity contribution >= 4 is 37.5 Å². The minimum atomic E-state index is -2.84. The lowest BCUT2D eigenvalue weighted by Crippen LogP contribution is -2.39. The fraction of sp³-hybridized carbons (Fsp3) is 0.239. The van der Waals surface area contributed by atoms with Crippen LogP contribution >= 0.6 is 11.3 Å². The molecule has 3 aromatic heterocycles. The van der Waals surface area contributed by atoms with Crippen LogP contribution in [0.5, 0.6) is 11.5 Å². The number of rotatable bonds is 4. The first-order valence-corrected chi connectivity index (χ1v) is 17.9. The first-order chi connectivity index (χ1) is 29.3. The van der Waals surface area contributed by atoms with Gasteiger partial charge in [-0.15, -0.1) is 0 Å². The number of nitrogens with zero attached hydrogens (tertiary/aromatic N) is 4. The van der Waals surface area contributed by atoms with Gasteiger partial charge in [-0.2, -0.15) is 0 Å². The summed E-state index contributed by atoms with van der Waals surface area (Å²) in [5, 5.41) is 0. The lowest BCUT2D eigenvalue weighted by molar-refractivity contribution is 0.306. The highest BCUT2D eigenvalue weighted by atomic mass is 32.1. The van der Waals surface area contributed by atoms with Crippen molar-refractivity contribution in [1.29, 1.82) is 0 Å². The Labute approximate surface area is 324 Å². The third-order valence-corrected chi connectivity index (χ3v) is 12.2. The Morgan fingerprint density at radius 2 is 1.54 bits per heavy atom. The molecule has 8 aromatic rings. The van der Waals surface area contributed by atoms with Crippen LogP contribution in [0.3, 0.4) is 0 Å². The number of hydrogen-bond acceptors (Lipinski definition) is 5. The lowest BCUT2D eigenvalue weighted by atomic mass is 9.61. The number of aryl methyl sites for hydroxylation is 4. The normalized spacial score (nSPS) is 18.8. The summed E-state index contributed by atoms with van der Waals surface area (Å²) in [7, 11) is 0. The van der Waals surface area contributed by atoms with E-state index in [-0.39, 0.29) is 56.2 Å². The first kappa shape index (κ1) is 22.6. The van der Waals surface area contributed by atoms with E-state index in [9.17, 15) is 0 Å². The predicted octanol–water partition coefficient (Wildman–Crippen LogP) is 12.3. The Morgan fingerprint density at radius 1 is 0.769 bits per heavy atom. The summed E-state index contributed by atoms with van der Waals surface area (Å²) in [5.74, 6) is 0.800. The number of thiazole rings is 1. The molecule has 0 atom stereocenters. The summed E-state index contributed by atoms with van der Waals surface area (Å²) < 4.78 is 105. The van der Waals surface area contributed by atoms with Crippen LogP contribution in [0.25, 0.3) is 60.0 Å².